The molecule has 0 aliphatic rings. The number of carbonyl (C=O) groups is 1. The lowest BCUT2D eigenvalue weighted by Crippen LogP contribution is -2.47. The molecule has 4 heteroatoms. The molecule has 0 radical (unpaired) electrons. The Morgan fingerprint density at radius 3 is 2.40 bits per heavy atom. The van der Waals surface area contributed by atoms with Crippen molar-refractivity contribution >= 4 is 5.91 Å². The van der Waals surface area contributed by atoms with Crippen LogP contribution < -0.4 is 5.32 Å². The predicted octanol–water partition coefficient (Wildman–Crippen LogP) is 1.85. The van der Waals surface area contributed by atoms with Gasteiger partial charge in [0.25, 0.3) is 0 Å². The number of carbonyl (C=O) groups excluding carboxylic acids is 1. The fourth-order valence-electron chi connectivity index (χ4n) is 2.08. The van der Waals surface area contributed by atoms with Crippen LogP contribution >= 0.6 is 0 Å². The average molecular weight is 279 g/mol. The van der Waals surface area contributed by atoms with Gasteiger partial charge in [-0.2, -0.15) is 0 Å². The number of nitrogens with one attached hydrogen (secondary N) is 1. The number of rotatable bonds is 7. The van der Waals surface area contributed by atoms with Crippen LogP contribution in [0.4, 0.5) is 0 Å². The van der Waals surface area contributed by atoms with E-state index in [-0.39, 0.29) is 11.8 Å². The van der Waals surface area contributed by atoms with E-state index in [2.05, 4.69) is 5.32 Å². The van der Waals surface area contributed by atoms with Crippen LogP contribution in [0.5, 0.6) is 0 Å². The summed E-state index contributed by atoms with van der Waals surface area (Å²) in [6.07, 6.45) is 1.06. The van der Waals surface area contributed by atoms with Gasteiger partial charge in [0.05, 0.1) is 6.10 Å². The van der Waals surface area contributed by atoms with Crippen LogP contribution in [0.2, 0.25) is 0 Å². The van der Waals surface area contributed by atoms with E-state index in [0.717, 1.165) is 5.56 Å². The zero-order valence-corrected chi connectivity index (χ0v) is 12.5. The van der Waals surface area contributed by atoms with Crippen molar-refractivity contribution in [1.82, 2.24) is 5.32 Å². The van der Waals surface area contributed by atoms with Crippen molar-refractivity contribution in [2.24, 2.45) is 5.92 Å². The Morgan fingerprint density at radius 2 is 1.90 bits per heavy atom. The summed E-state index contributed by atoms with van der Waals surface area (Å²) in [7, 11) is 0. The van der Waals surface area contributed by atoms with Crippen molar-refractivity contribution in [2.45, 2.75) is 51.9 Å². The maximum atomic E-state index is 12.2. The van der Waals surface area contributed by atoms with Crippen molar-refractivity contribution in [3.63, 3.8) is 0 Å². The van der Waals surface area contributed by atoms with Crippen LogP contribution in [-0.2, 0) is 11.2 Å². The second-order valence-corrected chi connectivity index (χ2v) is 5.73. The number of amides is 1. The minimum atomic E-state index is -1.25. The Hall–Kier alpha value is -1.39. The molecule has 1 rings (SSSR count). The molecule has 2 atom stereocenters. The molecule has 1 aromatic carbocycles. The summed E-state index contributed by atoms with van der Waals surface area (Å²) in [4.78, 5) is 12.2. The summed E-state index contributed by atoms with van der Waals surface area (Å²) in [5.41, 5.74) is -0.199. The summed E-state index contributed by atoms with van der Waals surface area (Å²) >= 11 is 0. The van der Waals surface area contributed by atoms with E-state index in [4.69, 9.17) is 0 Å². The predicted molar refractivity (Wildman–Crippen MR) is 79.0 cm³/mol. The number of aliphatic hydroxyl groups is 2. The van der Waals surface area contributed by atoms with Crippen molar-refractivity contribution in [1.29, 1.82) is 0 Å². The molecule has 0 spiro atoms. The van der Waals surface area contributed by atoms with Crippen LogP contribution in [0, 0.1) is 5.92 Å². The topological polar surface area (TPSA) is 69.6 Å². The van der Waals surface area contributed by atoms with E-state index >= 15 is 0 Å². The minimum Gasteiger partial charge on any atom is -0.393 e. The summed E-state index contributed by atoms with van der Waals surface area (Å²) in [5.74, 6) is -0.576. The Bertz CT molecular complexity index is 411. The van der Waals surface area contributed by atoms with Gasteiger partial charge >= 0.3 is 0 Å². The SMILES string of the molecule is CCC(O)C[C@@H](Cc1ccccc1)C(=O)NC(C)(C)O. The summed E-state index contributed by atoms with van der Waals surface area (Å²) in [6.45, 7) is 4.94. The molecule has 0 bridgehead atoms. The molecule has 0 aliphatic carbocycles. The number of hydrogen-bond donors (Lipinski definition) is 3. The maximum absolute atomic E-state index is 12.2. The zero-order chi connectivity index (χ0) is 15.2. The number of hydrogen-bond acceptors (Lipinski definition) is 3. The molecule has 0 fully saturated rings. The van der Waals surface area contributed by atoms with Crippen molar-refractivity contribution in [3.05, 3.63) is 35.9 Å². The fraction of sp³-hybridized carbons (Fsp3) is 0.562. The Morgan fingerprint density at radius 1 is 1.30 bits per heavy atom. The number of aliphatic hydroxyl groups excluding tert-OH is 1. The van der Waals surface area contributed by atoms with Crippen LogP contribution in [0.25, 0.3) is 0 Å². The highest BCUT2D eigenvalue weighted by molar-refractivity contribution is 5.79. The third-order valence-electron chi connectivity index (χ3n) is 3.15. The first-order valence-electron chi connectivity index (χ1n) is 7.08. The van der Waals surface area contributed by atoms with Crippen LogP contribution in [0.15, 0.2) is 30.3 Å². The molecule has 4 nitrogen and oxygen atoms in total. The molecule has 0 aromatic heterocycles. The highest BCUT2D eigenvalue weighted by Crippen LogP contribution is 2.17. The molecular weight excluding hydrogens is 254 g/mol. The van der Waals surface area contributed by atoms with E-state index in [0.29, 0.717) is 19.3 Å². The van der Waals surface area contributed by atoms with Gasteiger partial charge < -0.3 is 15.5 Å². The second-order valence-electron chi connectivity index (χ2n) is 5.73. The summed E-state index contributed by atoms with van der Waals surface area (Å²) in [5, 5.41) is 22.1. The van der Waals surface area contributed by atoms with Crippen molar-refractivity contribution < 1.29 is 15.0 Å². The van der Waals surface area contributed by atoms with Crippen LogP contribution in [0.1, 0.15) is 39.2 Å². The van der Waals surface area contributed by atoms with Gasteiger partial charge in [0, 0.05) is 5.92 Å². The maximum Gasteiger partial charge on any atom is 0.225 e. The first kappa shape index (κ1) is 16.7. The summed E-state index contributed by atoms with van der Waals surface area (Å²) < 4.78 is 0. The molecule has 0 aliphatic heterocycles. The zero-order valence-electron chi connectivity index (χ0n) is 12.5. The van der Waals surface area contributed by atoms with Gasteiger partial charge in [0.1, 0.15) is 5.72 Å². The van der Waals surface area contributed by atoms with Gasteiger partial charge in [-0.15, -0.1) is 0 Å². The third kappa shape index (κ3) is 6.17. The molecule has 0 saturated carbocycles. The monoisotopic (exact) mass is 279 g/mol. The first-order chi connectivity index (χ1) is 9.31. The standard InChI is InChI=1S/C16H25NO3/c1-4-14(18)11-13(15(19)17-16(2,3)20)10-12-8-6-5-7-9-12/h5-9,13-14,18,20H,4,10-11H2,1-3H3,(H,17,19)/t13-,14?/m1/s1. The lowest BCUT2D eigenvalue weighted by atomic mass is 9.91. The molecule has 0 saturated heterocycles. The normalized spacial score (nSPS) is 14.7. The Balaban J connectivity index is 2.77. The lowest BCUT2D eigenvalue weighted by Gasteiger charge is -2.25. The molecule has 1 amide bonds. The highest BCUT2D eigenvalue weighted by Gasteiger charge is 2.25. The van der Waals surface area contributed by atoms with Gasteiger partial charge in [-0.05, 0) is 38.7 Å². The molecule has 0 heterocycles. The van der Waals surface area contributed by atoms with Gasteiger partial charge in [-0.25, -0.2) is 0 Å². The van der Waals surface area contributed by atoms with E-state index in [1.165, 1.54) is 13.8 Å². The van der Waals surface area contributed by atoms with E-state index in [1.54, 1.807) is 0 Å². The summed E-state index contributed by atoms with van der Waals surface area (Å²) in [6, 6.07) is 9.70. The quantitative estimate of drug-likeness (QED) is 0.667. The van der Waals surface area contributed by atoms with E-state index in [9.17, 15) is 15.0 Å². The van der Waals surface area contributed by atoms with Crippen LogP contribution in [-0.4, -0.2) is 27.9 Å². The fourth-order valence-corrected chi connectivity index (χ4v) is 2.08. The third-order valence-corrected chi connectivity index (χ3v) is 3.15. The largest absolute Gasteiger partial charge is 0.393 e. The van der Waals surface area contributed by atoms with E-state index < -0.39 is 11.8 Å². The highest BCUT2D eigenvalue weighted by atomic mass is 16.3. The molecule has 112 valence electrons. The molecule has 3 N–H and O–H groups in total. The lowest BCUT2D eigenvalue weighted by molar-refractivity contribution is -0.132. The first-order valence-corrected chi connectivity index (χ1v) is 7.08. The van der Waals surface area contributed by atoms with Gasteiger partial charge in [0.15, 0.2) is 0 Å². The van der Waals surface area contributed by atoms with Gasteiger partial charge in [0.2, 0.25) is 5.91 Å². The van der Waals surface area contributed by atoms with E-state index in [1.807, 2.05) is 37.3 Å². The van der Waals surface area contributed by atoms with Crippen molar-refractivity contribution in [3.8, 4) is 0 Å². The Kier molecular flexibility index (Phi) is 6.17. The van der Waals surface area contributed by atoms with Crippen LogP contribution in [0.3, 0.4) is 0 Å². The van der Waals surface area contributed by atoms with Gasteiger partial charge in [-0.3, -0.25) is 4.79 Å². The molecule has 20 heavy (non-hydrogen) atoms. The molecular formula is C16H25NO3. The van der Waals surface area contributed by atoms with Crippen molar-refractivity contribution in [2.75, 3.05) is 0 Å². The molecule has 1 aromatic rings. The number of benzene rings is 1. The second kappa shape index (κ2) is 7.41. The smallest absolute Gasteiger partial charge is 0.225 e. The molecule has 1 unspecified atom stereocenters. The minimum absolute atomic E-state index is 0.228. The Labute approximate surface area is 120 Å². The van der Waals surface area contributed by atoms with Gasteiger partial charge in [-0.1, -0.05) is 37.3 Å². The average Bonchev–Trinajstić information content (AvgIpc) is 2.37.